The highest BCUT2D eigenvalue weighted by Gasteiger charge is 2.53. The molecule has 14 nitrogen and oxygen atoms in total. The molecule has 4 aliphatic rings. The van der Waals surface area contributed by atoms with Crippen molar-refractivity contribution in [2.45, 2.75) is 180 Å². The number of carbonyl (C=O) groups excluding carboxylic acids is 5. The molecule has 15 heteroatoms. The van der Waals surface area contributed by atoms with Crippen LogP contribution >= 0.6 is 7.80 Å². The van der Waals surface area contributed by atoms with E-state index in [-0.39, 0.29) is 60.5 Å². The van der Waals surface area contributed by atoms with E-state index in [9.17, 15) is 38.8 Å². The number of allylic oxidation sites excluding steroid dienone is 6. The summed E-state index contributed by atoms with van der Waals surface area (Å²) in [5.74, 6) is -7.93. The maximum Gasteiger partial charge on any atom is 0.329 e. The minimum atomic E-state index is -2.43. The number of nitrogens with zero attached hydrogens (tertiary/aromatic N) is 1. The summed E-state index contributed by atoms with van der Waals surface area (Å²) < 4.78 is 42.3. The van der Waals surface area contributed by atoms with Gasteiger partial charge in [0.2, 0.25) is 5.79 Å². The van der Waals surface area contributed by atoms with E-state index in [1.54, 1.807) is 47.7 Å². The van der Waals surface area contributed by atoms with Crippen molar-refractivity contribution in [2.24, 2.45) is 35.5 Å². The Morgan fingerprint density at radius 3 is 2.25 bits per heavy atom. The zero-order valence-corrected chi connectivity index (χ0v) is 43.1. The van der Waals surface area contributed by atoms with Crippen molar-refractivity contribution in [3.8, 4) is 0 Å². The Bertz CT molecular complexity index is 1860. The van der Waals surface area contributed by atoms with Gasteiger partial charge in [-0.05, 0) is 114 Å². The predicted octanol–water partition coefficient (Wildman–Crippen LogP) is 7.38. The third-order valence-corrected chi connectivity index (χ3v) is 16.7. The number of ketones is 3. The molecule has 0 aromatic carbocycles. The summed E-state index contributed by atoms with van der Waals surface area (Å²) in [6.45, 7) is 14.5. The van der Waals surface area contributed by atoms with Crippen LogP contribution in [-0.2, 0) is 52.2 Å². The van der Waals surface area contributed by atoms with Crippen LogP contribution in [0.15, 0.2) is 47.6 Å². The molecule has 0 spiro atoms. The molecule has 0 aromatic heterocycles. The van der Waals surface area contributed by atoms with E-state index in [0.717, 1.165) is 18.4 Å². The highest BCUT2D eigenvalue weighted by atomic mass is 31.1. The second-order valence-electron chi connectivity index (χ2n) is 20.2. The summed E-state index contributed by atoms with van der Waals surface area (Å²) in [6, 6.07) is -1.14. The summed E-state index contributed by atoms with van der Waals surface area (Å²) in [7, 11) is 2.76. The summed E-state index contributed by atoms with van der Waals surface area (Å²) in [5, 5.41) is 23.4. The van der Waals surface area contributed by atoms with Crippen LogP contribution in [0, 0.1) is 35.5 Å². The van der Waals surface area contributed by atoms with Crippen molar-refractivity contribution in [3.05, 3.63) is 47.6 Å². The normalized spacial score (nSPS) is 40.0. The molecule has 2 saturated heterocycles. The van der Waals surface area contributed by atoms with Crippen molar-refractivity contribution < 1.29 is 62.4 Å². The number of esters is 1. The molecule has 16 atom stereocenters. The standard InChI is InChI=1S/C52H82NO13P/c1-31-17-13-12-14-18-32(2)42(62-8)29-39-22-20-37(7)52(60,66-39)49(57)50(58)53-24-16-15-19-40(53)51(59)65-43(34(4)27-38-21-23-45(67(11)61)44(28-38)63-9)30-41(54)33(3)26-36(6)47(56)48(64-10)46(55)35(5)25-31/h12-14,17-18,26,31,33-35,37-40,42-45,47-48,56,60,67H,15-16,19-25,27-30H2,1-11H3/b14-12+,17-13+,32-18+,36-26+/t31-,33-,34-,35-,37-,38+,39+,40+,42+,43+,44-,45?,47-,48+,52-/m1/s1. The topological polar surface area (TPSA) is 192 Å². The summed E-state index contributed by atoms with van der Waals surface area (Å²) in [5.41, 5.74) is 1.25. The number of hydrogen-bond donors (Lipinski definition) is 2. The third-order valence-electron chi connectivity index (χ3n) is 15.0. The molecule has 4 rings (SSSR count). The zero-order valence-electron chi connectivity index (χ0n) is 42.1. The molecule has 3 fully saturated rings. The van der Waals surface area contributed by atoms with E-state index in [1.807, 2.05) is 58.1 Å². The van der Waals surface area contributed by atoms with Gasteiger partial charge in [-0.15, -0.1) is 0 Å². The molecule has 0 radical (unpaired) electrons. The molecule has 2 unspecified atom stereocenters. The lowest BCUT2D eigenvalue weighted by molar-refractivity contribution is -0.265. The van der Waals surface area contributed by atoms with Crippen molar-refractivity contribution in [3.63, 3.8) is 0 Å². The Morgan fingerprint density at radius 2 is 1.60 bits per heavy atom. The fourth-order valence-corrected chi connectivity index (χ4v) is 12.0. The molecule has 1 amide bonds. The molecule has 3 heterocycles. The van der Waals surface area contributed by atoms with Gasteiger partial charge in [-0.2, -0.15) is 0 Å². The van der Waals surface area contributed by atoms with Crippen molar-refractivity contribution in [1.82, 2.24) is 4.90 Å². The fourth-order valence-electron chi connectivity index (χ4n) is 10.6. The van der Waals surface area contributed by atoms with Crippen LogP contribution in [0.3, 0.4) is 0 Å². The van der Waals surface area contributed by atoms with Gasteiger partial charge in [-0.3, -0.25) is 19.2 Å². The first-order valence-corrected chi connectivity index (χ1v) is 26.6. The van der Waals surface area contributed by atoms with Crippen molar-refractivity contribution in [1.29, 1.82) is 0 Å². The molecular weight excluding hydrogens is 878 g/mol. The maximum absolute atomic E-state index is 14.4. The highest BCUT2D eigenvalue weighted by molar-refractivity contribution is 7.44. The first-order chi connectivity index (χ1) is 31.7. The van der Waals surface area contributed by atoms with Gasteiger partial charge in [0.1, 0.15) is 30.1 Å². The second-order valence-corrected chi connectivity index (χ2v) is 22.2. The lowest BCUT2D eigenvalue weighted by Crippen LogP contribution is -2.61. The highest BCUT2D eigenvalue weighted by Crippen LogP contribution is 2.42. The molecule has 378 valence electrons. The van der Waals surface area contributed by atoms with Crippen LogP contribution in [0.2, 0.25) is 0 Å². The molecule has 2 bridgehead atoms. The summed E-state index contributed by atoms with van der Waals surface area (Å²) >= 11 is 0. The van der Waals surface area contributed by atoms with Crippen LogP contribution < -0.4 is 0 Å². The van der Waals surface area contributed by atoms with Gasteiger partial charge in [-0.1, -0.05) is 71.1 Å². The minimum absolute atomic E-state index is 0.0175. The number of aliphatic hydroxyl groups is 2. The molecule has 3 aliphatic heterocycles. The van der Waals surface area contributed by atoms with E-state index < -0.39 is 85.6 Å². The van der Waals surface area contributed by atoms with Crippen molar-refractivity contribution in [2.75, 3.05) is 34.5 Å². The van der Waals surface area contributed by atoms with Gasteiger partial charge in [0, 0.05) is 64.1 Å². The number of aliphatic hydroxyl groups excluding tert-OH is 1. The van der Waals surface area contributed by atoms with Crippen LogP contribution in [0.4, 0.5) is 0 Å². The lowest BCUT2D eigenvalue weighted by Gasteiger charge is -2.42. The number of cyclic esters (lactones) is 1. The van der Waals surface area contributed by atoms with Gasteiger partial charge in [0.25, 0.3) is 11.7 Å². The average molecular weight is 960 g/mol. The molecule has 67 heavy (non-hydrogen) atoms. The number of piperidine rings is 1. The van der Waals surface area contributed by atoms with Crippen LogP contribution in [0.5, 0.6) is 0 Å². The van der Waals surface area contributed by atoms with E-state index in [2.05, 4.69) is 0 Å². The summed E-state index contributed by atoms with van der Waals surface area (Å²) in [6.07, 6.45) is 12.3. The van der Waals surface area contributed by atoms with Crippen LogP contribution in [0.1, 0.15) is 126 Å². The summed E-state index contributed by atoms with van der Waals surface area (Å²) in [4.78, 5) is 72.1. The molecule has 2 N–H and O–H groups in total. The second kappa shape index (κ2) is 26.2. The monoisotopic (exact) mass is 960 g/mol. The molecule has 0 aromatic rings. The number of amides is 1. The molecule has 1 aliphatic carbocycles. The van der Waals surface area contributed by atoms with E-state index in [4.69, 9.17) is 23.7 Å². The van der Waals surface area contributed by atoms with Crippen molar-refractivity contribution >= 4 is 37.0 Å². The van der Waals surface area contributed by atoms with Gasteiger partial charge in [0.05, 0.1) is 26.1 Å². The molecular formula is C52H82NO13P. The Kier molecular flexibility index (Phi) is 22.1. The Balaban J connectivity index is 1.71. The van der Waals surface area contributed by atoms with Crippen LogP contribution in [-0.4, -0.2) is 133 Å². The molecule has 1 saturated carbocycles. The lowest BCUT2D eigenvalue weighted by atomic mass is 9.79. The SMILES string of the molecule is CO[C@H]1C[C@@H]2CC[C@@H](C)[C@@](O)(O2)C(=O)C(=O)N2CCCC[C@H]2C(=O)O[C@H]([C@H](C)C[C@@H]2CCC([PH](C)=O)[C@H](OC)C2)CC(=O)[C@H](C)/C=C(\C)[C@@H](O)[C@@H](OC)C(=O)[C@H](C)C[C@H](C)/C=C/C=C/C=C/1C. The minimum Gasteiger partial charge on any atom is -0.460 e. The van der Waals surface area contributed by atoms with Gasteiger partial charge < -0.3 is 43.4 Å². The smallest absolute Gasteiger partial charge is 0.329 e. The first kappa shape index (κ1) is 56.5. The van der Waals surface area contributed by atoms with E-state index in [0.29, 0.717) is 56.9 Å². The Morgan fingerprint density at radius 1 is 0.881 bits per heavy atom. The fraction of sp³-hybridized carbons (Fsp3) is 0.750. The number of fused-ring (bicyclic) bond motifs is 3. The van der Waals surface area contributed by atoms with Gasteiger partial charge in [0.15, 0.2) is 5.78 Å². The largest absolute Gasteiger partial charge is 0.460 e. The van der Waals surface area contributed by atoms with Gasteiger partial charge >= 0.3 is 5.97 Å². The number of hydrogen-bond acceptors (Lipinski definition) is 13. The number of ether oxygens (including phenoxy) is 5. The quantitative estimate of drug-likeness (QED) is 0.111. The van der Waals surface area contributed by atoms with Crippen LogP contribution in [0.25, 0.3) is 0 Å². The average Bonchev–Trinajstić information content (AvgIpc) is 3.30. The van der Waals surface area contributed by atoms with Gasteiger partial charge in [-0.25, -0.2) is 4.79 Å². The maximum atomic E-state index is 14.4. The van der Waals surface area contributed by atoms with E-state index >= 15 is 0 Å². The Labute approximate surface area is 400 Å². The Hall–Kier alpha value is -3.10. The zero-order chi connectivity index (χ0) is 49.7. The number of rotatable bonds is 7. The number of methoxy groups -OCH3 is 3. The number of carbonyl (C=O) groups is 5. The number of Topliss-reactive ketones (excluding diaryl/α,β-unsaturated/α-hetero) is 3. The first-order valence-electron chi connectivity index (χ1n) is 24.7. The third kappa shape index (κ3) is 15.0. The predicted molar refractivity (Wildman–Crippen MR) is 258 cm³/mol. The van der Waals surface area contributed by atoms with E-state index in [1.165, 1.54) is 12.0 Å².